The highest BCUT2D eigenvalue weighted by atomic mass is 16.5. The van der Waals surface area contributed by atoms with Crippen molar-refractivity contribution in [2.45, 2.75) is 30.9 Å². The molecule has 0 aliphatic carbocycles. The summed E-state index contributed by atoms with van der Waals surface area (Å²) in [6.07, 6.45) is 3.09. The lowest BCUT2D eigenvalue weighted by molar-refractivity contribution is -0.119. The summed E-state index contributed by atoms with van der Waals surface area (Å²) in [6, 6.07) is 0.379. The van der Waals surface area contributed by atoms with E-state index in [-0.39, 0.29) is 5.60 Å². The smallest absolute Gasteiger partial charge is 0.0878 e. The molecule has 2 aliphatic rings. The summed E-state index contributed by atoms with van der Waals surface area (Å²) in [5.74, 6) is 0.572. The number of likely N-dealkylation sites (N-methyl/N-ethyl adjacent to an activating group) is 1. The molecule has 2 heterocycles. The topological polar surface area (TPSA) is 39.7 Å². The van der Waals surface area contributed by atoms with E-state index in [4.69, 9.17) is 14.2 Å². The van der Waals surface area contributed by atoms with E-state index in [0.717, 1.165) is 45.7 Å². The van der Waals surface area contributed by atoms with Crippen molar-refractivity contribution in [2.75, 3.05) is 40.6 Å². The van der Waals surface area contributed by atoms with Crippen molar-refractivity contribution < 1.29 is 14.2 Å². The molecule has 2 rings (SSSR count). The van der Waals surface area contributed by atoms with Gasteiger partial charge >= 0.3 is 0 Å². The standard InChI is InChI=1S/C12H23NO3/c1-13-11(10-3-6-16-9-10)12(14-2)4-7-15-8-5-12/h10-11,13H,3-9H2,1-2H3. The first kappa shape index (κ1) is 12.3. The average Bonchev–Trinajstić information content (AvgIpc) is 2.85. The Balaban J connectivity index is 2.08. The maximum Gasteiger partial charge on any atom is 0.0878 e. The number of hydrogen-bond donors (Lipinski definition) is 1. The van der Waals surface area contributed by atoms with Gasteiger partial charge in [-0.15, -0.1) is 0 Å². The molecule has 4 nitrogen and oxygen atoms in total. The highest BCUT2D eigenvalue weighted by molar-refractivity contribution is 4.98. The maximum atomic E-state index is 5.85. The molecule has 0 saturated carbocycles. The first-order valence-corrected chi connectivity index (χ1v) is 6.20. The van der Waals surface area contributed by atoms with Crippen LogP contribution in [0.3, 0.4) is 0 Å². The molecule has 1 N–H and O–H groups in total. The van der Waals surface area contributed by atoms with Crippen molar-refractivity contribution in [3.63, 3.8) is 0 Å². The predicted molar refractivity (Wildman–Crippen MR) is 61.6 cm³/mol. The second-order valence-electron chi connectivity index (χ2n) is 4.77. The summed E-state index contributed by atoms with van der Waals surface area (Å²) in [7, 11) is 3.85. The SMILES string of the molecule is CNC(C1CCOC1)C1(OC)CCOCC1. The van der Waals surface area contributed by atoms with Crippen molar-refractivity contribution >= 4 is 0 Å². The Kier molecular flexibility index (Phi) is 4.19. The van der Waals surface area contributed by atoms with Crippen LogP contribution in [-0.4, -0.2) is 52.2 Å². The van der Waals surface area contributed by atoms with Crippen LogP contribution in [0.1, 0.15) is 19.3 Å². The second kappa shape index (κ2) is 5.45. The molecule has 16 heavy (non-hydrogen) atoms. The molecular formula is C12H23NO3. The van der Waals surface area contributed by atoms with Gasteiger partial charge in [-0.1, -0.05) is 0 Å². The van der Waals surface area contributed by atoms with Gasteiger partial charge in [0.1, 0.15) is 0 Å². The molecule has 2 unspecified atom stereocenters. The second-order valence-corrected chi connectivity index (χ2v) is 4.77. The van der Waals surface area contributed by atoms with Gasteiger partial charge in [-0.3, -0.25) is 0 Å². The summed E-state index contributed by atoms with van der Waals surface area (Å²) in [6.45, 7) is 3.36. The van der Waals surface area contributed by atoms with Crippen LogP contribution in [0.5, 0.6) is 0 Å². The van der Waals surface area contributed by atoms with Crippen LogP contribution in [0.15, 0.2) is 0 Å². The van der Waals surface area contributed by atoms with Crippen LogP contribution in [-0.2, 0) is 14.2 Å². The molecule has 0 aromatic heterocycles. The minimum Gasteiger partial charge on any atom is -0.381 e. The number of methoxy groups -OCH3 is 1. The molecule has 94 valence electrons. The summed E-state index contributed by atoms with van der Waals surface area (Å²) in [4.78, 5) is 0. The van der Waals surface area contributed by atoms with Crippen LogP contribution in [0.2, 0.25) is 0 Å². The van der Waals surface area contributed by atoms with Crippen molar-refractivity contribution in [1.82, 2.24) is 5.32 Å². The van der Waals surface area contributed by atoms with Gasteiger partial charge in [-0.2, -0.15) is 0 Å². The number of ether oxygens (including phenoxy) is 3. The van der Waals surface area contributed by atoms with Crippen LogP contribution in [0, 0.1) is 5.92 Å². The fraction of sp³-hybridized carbons (Fsp3) is 1.00. The Labute approximate surface area is 97.6 Å². The third-order valence-electron chi connectivity index (χ3n) is 4.06. The van der Waals surface area contributed by atoms with E-state index in [2.05, 4.69) is 5.32 Å². The maximum absolute atomic E-state index is 5.85. The average molecular weight is 229 g/mol. The van der Waals surface area contributed by atoms with Gasteiger partial charge in [0.25, 0.3) is 0 Å². The van der Waals surface area contributed by atoms with Crippen LogP contribution in [0.4, 0.5) is 0 Å². The van der Waals surface area contributed by atoms with Gasteiger partial charge in [0, 0.05) is 51.7 Å². The van der Waals surface area contributed by atoms with Crippen molar-refractivity contribution in [3.8, 4) is 0 Å². The molecule has 4 heteroatoms. The highest BCUT2D eigenvalue weighted by Gasteiger charge is 2.44. The quantitative estimate of drug-likeness (QED) is 0.774. The Morgan fingerprint density at radius 3 is 2.50 bits per heavy atom. The van der Waals surface area contributed by atoms with Crippen molar-refractivity contribution in [2.24, 2.45) is 5.92 Å². The van der Waals surface area contributed by atoms with Crippen LogP contribution in [0.25, 0.3) is 0 Å². The van der Waals surface area contributed by atoms with Crippen molar-refractivity contribution in [1.29, 1.82) is 0 Å². The van der Waals surface area contributed by atoms with Crippen molar-refractivity contribution in [3.05, 3.63) is 0 Å². The van der Waals surface area contributed by atoms with E-state index in [1.807, 2.05) is 14.2 Å². The molecule has 0 amide bonds. The number of nitrogens with one attached hydrogen (secondary N) is 1. The molecule has 2 atom stereocenters. The minimum atomic E-state index is -0.0641. The van der Waals surface area contributed by atoms with E-state index in [9.17, 15) is 0 Å². The number of hydrogen-bond acceptors (Lipinski definition) is 4. The van der Waals surface area contributed by atoms with Gasteiger partial charge in [-0.05, 0) is 13.5 Å². The summed E-state index contributed by atoms with van der Waals surface area (Å²) in [5, 5.41) is 3.44. The van der Waals surface area contributed by atoms with Gasteiger partial charge in [-0.25, -0.2) is 0 Å². The lowest BCUT2D eigenvalue weighted by atomic mass is 9.78. The van der Waals surface area contributed by atoms with Crippen LogP contribution < -0.4 is 5.32 Å². The minimum absolute atomic E-state index is 0.0641. The molecule has 0 spiro atoms. The summed E-state index contributed by atoms with van der Waals surface area (Å²) in [5.41, 5.74) is -0.0641. The Bertz CT molecular complexity index is 210. The molecule has 0 radical (unpaired) electrons. The first-order chi connectivity index (χ1) is 7.82. The molecule has 0 aromatic rings. The highest BCUT2D eigenvalue weighted by Crippen LogP contribution is 2.34. The van der Waals surface area contributed by atoms with Gasteiger partial charge in [0.05, 0.1) is 12.2 Å². The Hall–Kier alpha value is -0.160. The lowest BCUT2D eigenvalue weighted by Gasteiger charge is -2.44. The lowest BCUT2D eigenvalue weighted by Crippen LogP contribution is -2.57. The zero-order valence-electron chi connectivity index (χ0n) is 10.3. The molecular weight excluding hydrogens is 206 g/mol. The molecule has 0 bridgehead atoms. The zero-order valence-corrected chi connectivity index (χ0v) is 10.3. The van der Waals surface area contributed by atoms with Crippen LogP contribution >= 0.6 is 0 Å². The Morgan fingerprint density at radius 2 is 2.00 bits per heavy atom. The van der Waals surface area contributed by atoms with E-state index in [1.165, 1.54) is 0 Å². The molecule has 2 saturated heterocycles. The van der Waals surface area contributed by atoms with Gasteiger partial charge in [0.2, 0.25) is 0 Å². The normalized spacial score (nSPS) is 31.5. The van der Waals surface area contributed by atoms with E-state index in [0.29, 0.717) is 12.0 Å². The monoisotopic (exact) mass is 229 g/mol. The van der Waals surface area contributed by atoms with Gasteiger partial charge in [0.15, 0.2) is 0 Å². The fourth-order valence-corrected chi connectivity index (χ4v) is 3.10. The summed E-state index contributed by atoms with van der Waals surface area (Å²) >= 11 is 0. The molecule has 2 fully saturated rings. The first-order valence-electron chi connectivity index (χ1n) is 6.20. The molecule has 0 aromatic carbocycles. The zero-order chi connectivity index (χ0) is 11.4. The Morgan fingerprint density at radius 1 is 1.25 bits per heavy atom. The van der Waals surface area contributed by atoms with E-state index >= 15 is 0 Å². The van der Waals surface area contributed by atoms with Gasteiger partial charge < -0.3 is 19.5 Å². The molecule has 2 aliphatic heterocycles. The summed E-state index contributed by atoms with van der Waals surface area (Å²) < 4.78 is 16.8. The third-order valence-corrected chi connectivity index (χ3v) is 4.06. The number of rotatable bonds is 4. The van der Waals surface area contributed by atoms with E-state index in [1.54, 1.807) is 0 Å². The predicted octanol–water partition coefficient (Wildman–Crippen LogP) is 0.806. The largest absolute Gasteiger partial charge is 0.381 e. The third kappa shape index (κ3) is 2.25. The van der Waals surface area contributed by atoms with E-state index < -0.39 is 0 Å². The fourth-order valence-electron chi connectivity index (χ4n) is 3.10.